The van der Waals surface area contributed by atoms with Gasteiger partial charge >= 0.3 is 0 Å². The molecule has 0 bridgehead atoms. The smallest absolute Gasteiger partial charge is 0.226 e. The lowest BCUT2D eigenvalue weighted by atomic mass is 9.95. The predicted octanol–water partition coefficient (Wildman–Crippen LogP) is 1.72. The number of amides is 1. The van der Waals surface area contributed by atoms with Crippen LogP contribution in [-0.4, -0.2) is 21.7 Å². The Kier molecular flexibility index (Phi) is 3.82. The molecule has 1 amide bonds. The fourth-order valence-corrected chi connectivity index (χ4v) is 2.52. The van der Waals surface area contributed by atoms with E-state index < -0.39 is 0 Å². The summed E-state index contributed by atoms with van der Waals surface area (Å²) in [6.07, 6.45) is 6.51. The normalized spacial score (nSPS) is 17.1. The highest BCUT2D eigenvalue weighted by Gasteiger charge is 2.16. The lowest BCUT2D eigenvalue weighted by Gasteiger charge is -2.22. The monoisotopic (exact) mass is 235 g/mol. The number of aromatic nitrogens is 2. The standard InChI is InChI=1S/C13H21N3O/c1-10-8-12(16(2)15-10)9-13(17)14-11-6-4-3-5-7-11/h8,11H,3-7,9H2,1-2H3,(H,14,17). The van der Waals surface area contributed by atoms with Crippen LogP contribution in [0.2, 0.25) is 0 Å². The fraction of sp³-hybridized carbons (Fsp3) is 0.692. The molecular weight excluding hydrogens is 214 g/mol. The maximum atomic E-state index is 11.9. The number of nitrogens with zero attached hydrogens (tertiary/aromatic N) is 2. The average Bonchev–Trinajstić information content (AvgIpc) is 2.58. The van der Waals surface area contributed by atoms with Gasteiger partial charge in [-0.25, -0.2) is 0 Å². The zero-order valence-corrected chi connectivity index (χ0v) is 10.7. The molecule has 1 heterocycles. The van der Waals surface area contributed by atoms with Gasteiger partial charge in [-0.2, -0.15) is 5.10 Å². The van der Waals surface area contributed by atoms with E-state index in [0.29, 0.717) is 12.5 Å². The highest BCUT2D eigenvalue weighted by atomic mass is 16.1. The minimum absolute atomic E-state index is 0.125. The molecule has 4 heteroatoms. The summed E-state index contributed by atoms with van der Waals surface area (Å²) in [6, 6.07) is 2.37. The third kappa shape index (κ3) is 3.32. The van der Waals surface area contributed by atoms with Gasteiger partial charge in [0.25, 0.3) is 0 Å². The van der Waals surface area contributed by atoms with Crippen LogP contribution < -0.4 is 5.32 Å². The second kappa shape index (κ2) is 5.34. The molecule has 1 N–H and O–H groups in total. The summed E-state index contributed by atoms with van der Waals surface area (Å²) in [5.41, 5.74) is 1.95. The number of rotatable bonds is 3. The van der Waals surface area contributed by atoms with Crippen molar-refractivity contribution in [3.05, 3.63) is 17.5 Å². The Morgan fingerprint density at radius 2 is 2.18 bits per heavy atom. The zero-order chi connectivity index (χ0) is 12.3. The molecule has 1 saturated carbocycles. The van der Waals surface area contributed by atoms with Crippen molar-refractivity contribution in [1.82, 2.24) is 15.1 Å². The van der Waals surface area contributed by atoms with Crippen LogP contribution in [0.25, 0.3) is 0 Å². The summed E-state index contributed by atoms with van der Waals surface area (Å²) in [6.45, 7) is 1.95. The van der Waals surface area contributed by atoms with Crippen molar-refractivity contribution in [3.63, 3.8) is 0 Å². The summed E-state index contributed by atoms with van der Waals surface area (Å²) in [5.74, 6) is 0.125. The highest BCUT2D eigenvalue weighted by molar-refractivity contribution is 5.78. The first kappa shape index (κ1) is 12.1. The summed E-state index contributed by atoms with van der Waals surface area (Å²) < 4.78 is 1.79. The largest absolute Gasteiger partial charge is 0.353 e. The molecule has 1 aromatic heterocycles. The van der Waals surface area contributed by atoms with Crippen LogP contribution in [-0.2, 0) is 18.3 Å². The molecule has 17 heavy (non-hydrogen) atoms. The minimum Gasteiger partial charge on any atom is -0.353 e. The predicted molar refractivity (Wildman–Crippen MR) is 66.7 cm³/mol. The Morgan fingerprint density at radius 1 is 1.47 bits per heavy atom. The van der Waals surface area contributed by atoms with Crippen LogP contribution in [0.1, 0.15) is 43.5 Å². The quantitative estimate of drug-likeness (QED) is 0.867. The molecule has 0 saturated heterocycles. The third-order valence-electron chi connectivity index (χ3n) is 3.41. The molecule has 0 unspecified atom stereocenters. The molecule has 1 aliphatic rings. The van der Waals surface area contributed by atoms with Gasteiger partial charge < -0.3 is 5.32 Å². The van der Waals surface area contributed by atoms with Gasteiger partial charge in [0.2, 0.25) is 5.91 Å². The Morgan fingerprint density at radius 3 is 2.76 bits per heavy atom. The summed E-state index contributed by atoms with van der Waals surface area (Å²) in [4.78, 5) is 11.9. The maximum Gasteiger partial charge on any atom is 0.226 e. The molecule has 1 fully saturated rings. The van der Waals surface area contributed by atoms with E-state index in [1.54, 1.807) is 4.68 Å². The van der Waals surface area contributed by atoms with E-state index in [2.05, 4.69) is 10.4 Å². The van der Waals surface area contributed by atoms with Crippen LogP contribution in [0, 0.1) is 6.92 Å². The number of aryl methyl sites for hydroxylation is 2. The fourth-order valence-electron chi connectivity index (χ4n) is 2.52. The number of hydrogen-bond donors (Lipinski definition) is 1. The number of hydrogen-bond acceptors (Lipinski definition) is 2. The Hall–Kier alpha value is -1.32. The average molecular weight is 235 g/mol. The van der Waals surface area contributed by atoms with Crippen molar-refractivity contribution in [3.8, 4) is 0 Å². The van der Waals surface area contributed by atoms with E-state index >= 15 is 0 Å². The molecule has 4 nitrogen and oxygen atoms in total. The summed E-state index contributed by atoms with van der Waals surface area (Å²) >= 11 is 0. The molecule has 0 spiro atoms. The van der Waals surface area contributed by atoms with E-state index in [1.807, 2.05) is 20.0 Å². The van der Waals surface area contributed by atoms with Gasteiger partial charge in [-0.15, -0.1) is 0 Å². The first-order valence-electron chi connectivity index (χ1n) is 6.44. The van der Waals surface area contributed by atoms with Crippen molar-refractivity contribution < 1.29 is 4.79 Å². The van der Waals surface area contributed by atoms with Gasteiger partial charge in [-0.3, -0.25) is 9.48 Å². The Balaban J connectivity index is 1.86. The second-order valence-corrected chi connectivity index (χ2v) is 4.98. The van der Waals surface area contributed by atoms with Crippen LogP contribution in [0.15, 0.2) is 6.07 Å². The Labute approximate surface area is 102 Å². The maximum absolute atomic E-state index is 11.9. The van der Waals surface area contributed by atoms with Gasteiger partial charge in [0.15, 0.2) is 0 Å². The van der Waals surface area contributed by atoms with Crippen LogP contribution >= 0.6 is 0 Å². The second-order valence-electron chi connectivity index (χ2n) is 4.98. The molecule has 94 valence electrons. The number of carbonyl (C=O) groups excluding carboxylic acids is 1. The number of nitrogens with one attached hydrogen (secondary N) is 1. The first-order valence-corrected chi connectivity index (χ1v) is 6.44. The van der Waals surface area contributed by atoms with E-state index in [4.69, 9.17) is 0 Å². The van der Waals surface area contributed by atoms with Crippen molar-refractivity contribution in [1.29, 1.82) is 0 Å². The molecule has 0 radical (unpaired) electrons. The van der Waals surface area contributed by atoms with Crippen LogP contribution in [0.4, 0.5) is 0 Å². The van der Waals surface area contributed by atoms with Crippen molar-refractivity contribution >= 4 is 5.91 Å². The van der Waals surface area contributed by atoms with E-state index in [9.17, 15) is 4.79 Å². The lowest BCUT2D eigenvalue weighted by molar-refractivity contribution is -0.121. The van der Waals surface area contributed by atoms with Gasteiger partial charge in [0, 0.05) is 18.8 Å². The lowest BCUT2D eigenvalue weighted by Crippen LogP contribution is -2.37. The van der Waals surface area contributed by atoms with E-state index in [1.165, 1.54) is 19.3 Å². The first-order chi connectivity index (χ1) is 8.15. The summed E-state index contributed by atoms with van der Waals surface area (Å²) in [7, 11) is 1.89. The van der Waals surface area contributed by atoms with Crippen LogP contribution in [0.5, 0.6) is 0 Å². The molecule has 2 rings (SSSR count). The van der Waals surface area contributed by atoms with Crippen LogP contribution in [0.3, 0.4) is 0 Å². The van der Waals surface area contributed by atoms with Gasteiger partial charge in [-0.05, 0) is 25.8 Å². The van der Waals surface area contributed by atoms with Crippen molar-refractivity contribution in [2.24, 2.45) is 7.05 Å². The SMILES string of the molecule is Cc1cc(CC(=O)NC2CCCCC2)n(C)n1. The molecular formula is C13H21N3O. The van der Waals surface area contributed by atoms with Gasteiger partial charge in [0.1, 0.15) is 0 Å². The molecule has 1 aromatic rings. The highest BCUT2D eigenvalue weighted by Crippen LogP contribution is 2.17. The van der Waals surface area contributed by atoms with Crippen molar-refractivity contribution in [2.45, 2.75) is 51.5 Å². The summed E-state index contributed by atoms with van der Waals surface area (Å²) in [5, 5.41) is 7.37. The minimum atomic E-state index is 0.125. The van der Waals surface area contributed by atoms with E-state index in [0.717, 1.165) is 24.2 Å². The van der Waals surface area contributed by atoms with Gasteiger partial charge in [0.05, 0.1) is 12.1 Å². The zero-order valence-electron chi connectivity index (χ0n) is 10.7. The molecule has 0 atom stereocenters. The van der Waals surface area contributed by atoms with E-state index in [-0.39, 0.29) is 5.91 Å². The molecule has 1 aliphatic carbocycles. The number of carbonyl (C=O) groups is 1. The molecule has 0 aliphatic heterocycles. The molecule has 0 aromatic carbocycles. The van der Waals surface area contributed by atoms with Crippen molar-refractivity contribution in [2.75, 3.05) is 0 Å². The third-order valence-corrected chi connectivity index (χ3v) is 3.41. The van der Waals surface area contributed by atoms with Gasteiger partial charge in [-0.1, -0.05) is 19.3 Å². The Bertz CT molecular complexity index is 391. The topological polar surface area (TPSA) is 46.9 Å².